The zero-order valence-corrected chi connectivity index (χ0v) is 10.3. The molecule has 1 aromatic rings. The number of aromatic nitrogens is 1. The van der Waals surface area contributed by atoms with Crippen LogP contribution >= 0.6 is 0 Å². The van der Waals surface area contributed by atoms with Crippen molar-refractivity contribution in [2.45, 2.75) is 65.2 Å². The summed E-state index contributed by atoms with van der Waals surface area (Å²) in [6.07, 6.45) is 12.6. The average Bonchev–Trinajstić information content (AvgIpc) is 2.67. The number of rotatable bonds is 8. The monoisotopic (exact) mass is 207 g/mol. The summed E-state index contributed by atoms with van der Waals surface area (Å²) < 4.78 is 0. The molecule has 15 heavy (non-hydrogen) atoms. The number of unbranched alkanes of at least 4 members (excludes halogenated alkanes) is 4. The molecule has 0 spiro atoms. The molecule has 0 fully saturated rings. The summed E-state index contributed by atoms with van der Waals surface area (Å²) in [5.41, 5.74) is 3.04. The second kappa shape index (κ2) is 7.56. The van der Waals surface area contributed by atoms with Crippen molar-refractivity contribution in [3.05, 3.63) is 23.5 Å². The van der Waals surface area contributed by atoms with Crippen LogP contribution in [0.15, 0.2) is 12.3 Å². The largest absolute Gasteiger partial charge is 0.365 e. The van der Waals surface area contributed by atoms with Gasteiger partial charge in [0.1, 0.15) is 0 Å². The maximum absolute atomic E-state index is 3.39. The summed E-state index contributed by atoms with van der Waals surface area (Å²) in [4.78, 5) is 3.39. The SMILES string of the molecule is CCCCCc1cc[nH]c1CCCCC. The Hall–Kier alpha value is -0.720. The van der Waals surface area contributed by atoms with E-state index in [1.54, 1.807) is 5.56 Å². The number of hydrogen-bond acceptors (Lipinski definition) is 0. The fourth-order valence-corrected chi connectivity index (χ4v) is 2.02. The lowest BCUT2D eigenvalue weighted by Gasteiger charge is -2.03. The van der Waals surface area contributed by atoms with E-state index in [1.807, 2.05) is 0 Å². The lowest BCUT2D eigenvalue weighted by atomic mass is 10.0. The fourth-order valence-electron chi connectivity index (χ4n) is 2.02. The van der Waals surface area contributed by atoms with Gasteiger partial charge in [-0.1, -0.05) is 39.5 Å². The van der Waals surface area contributed by atoms with Crippen LogP contribution in [0.25, 0.3) is 0 Å². The molecule has 1 N–H and O–H groups in total. The first kappa shape index (κ1) is 12.4. The van der Waals surface area contributed by atoms with Crippen molar-refractivity contribution in [3.63, 3.8) is 0 Å². The minimum Gasteiger partial charge on any atom is -0.365 e. The van der Waals surface area contributed by atoms with E-state index in [0.29, 0.717) is 0 Å². The van der Waals surface area contributed by atoms with Crippen LogP contribution in [-0.4, -0.2) is 4.98 Å². The second-order valence-electron chi connectivity index (χ2n) is 4.40. The highest BCUT2D eigenvalue weighted by atomic mass is 14.7. The van der Waals surface area contributed by atoms with E-state index in [-0.39, 0.29) is 0 Å². The number of nitrogens with one attached hydrogen (secondary N) is 1. The Bertz CT molecular complexity index is 225. The van der Waals surface area contributed by atoms with Crippen LogP contribution in [0, 0.1) is 0 Å². The van der Waals surface area contributed by atoms with E-state index in [4.69, 9.17) is 0 Å². The molecule has 0 amide bonds. The van der Waals surface area contributed by atoms with E-state index in [1.165, 1.54) is 57.1 Å². The highest BCUT2D eigenvalue weighted by Crippen LogP contribution is 2.14. The zero-order chi connectivity index (χ0) is 10.9. The Morgan fingerprint density at radius 3 is 2.27 bits per heavy atom. The van der Waals surface area contributed by atoms with Crippen LogP contribution in [0.3, 0.4) is 0 Å². The predicted octanol–water partition coefficient (Wildman–Crippen LogP) is 4.48. The average molecular weight is 207 g/mol. The van der Waals surface area contributed by atoms with Gasteiger partial charge in [-0.25, -0.2) is 0 Å². The van der Waals surface area contributed by atoms with Gasteiger partial charge in [-0.05, 0) is 37.3 Å². The van der Waals surface area contributed by atoms with Gasteiger partial charge in [0.15, 0.2) is 0 Å². The summed E-state index contributed by atoms with van der Waals surface area (Å²) in [7, 11) is 0. The topological polar surface area (TPSA) is 15.8 Å². The van der Waals surface area contributed by atoms with E-state index in [2.05, 4.69) is 31.1 Å². The first-order valence-electron chi connectivity index (χ1n) is 6.53. The van der Waals surface area contributed by atoms with Gasteiger partial charge in [-0.3, -0.25) is 0 Å². The van der Waals surface area contributed by atoms with Gasteiger partial charge >= 0.3 is 0 Å². The van der Waals surface area contributed by atoms with Crippen LogP contribution < -0.4 is 0 Å². The van der Waals surface area contributed by atoms with Crippen molar-refractivity contribution < 1.29 is 0 Å². The molecule has 0 aromatic carbocycles. The first-order valence-corrected chi connectivity index (χ1v) is 6.53. The van der Waals surface area contributed by atoms with Crippen molar-refractivity contribution >= 4 is 0 Å². The third-order valence-corrected chi connectivity index (χ3v) is 3.01. The molecule has 1 aromatic heterocycles. The van der Waals surface area contributed by atoms with Crippen LogP contribution in [0.5, 0.6) is 0 Å². The zero-order valence-electron chi connectivity index (χ0n) is 10.3. The maximum atomic E-state index is 3.39. The molecule has 1 heterocycles. The van der Waals surface area contributed by atoms with Gasteiger partial charge in [-0.15, -0.1) is 0 Å². The predicted molar refractivity (Wildman–Crippen MR) is 67.3 cm³/mol. The minimum absolute atomic E-state index is 1.24. The highest BCUT2D eigenvalue weighted by molar-refractivity contribution is 5.20. The number of aryl methyl sites for hydroxylation is 2. The van der Waals surface area contributed by atoms with Gasteiger partial charge in [0, 0.05) is 11.9 Å². The van der Waals surface area contributed by atoms with Crippen LogP contribution in [0.1, 0.15) is 63.6 Å². The van der Waals surface area contributed by atoms with Gasteiger partial charge in [0.2, 0.25) is 0 Å². The summed E-state index contributed by atoms with van der Waals surface area (Å²) in [6.45, 7) is 4.52. The molecule has 0 saturated heterocycles. The van der Waals surface area contributed by atoms with Crippen molar-refractivity contribution in [1.29, 1.82) is 0 Å². The van der Waals surface area contributed by atoms with Crippen molar-refractivity contribution in [3.8, 4) is 0 Å². The fraction of sp³-hybridized carbons (Fsp3) is 0.714. The Morgan fingerprint density at radius 1 is 0.933 bits per heavy atom. The molecule has 1 heteroatoms. The minimum atomic E-state index is 1.24. The van der Waals surface area contributed by atoms with Gasteiger partial charge in [0.05, 0.1) is 0 Å². The maximum Gasteiger partial charge on any atom is 0.0179 e. The molecule has 0 aliphatic carbocycles. The van der Waals surface area contributed by atoms with Crippen LogP contribution in [-0.2, 0) is 12.8 Å². The lowest BCUT2D eigenvalue weighted by molar-refractivity contribution is 0.688. The summed E-state index contributed by atoms with van der Waals surface area (Å²) in [5.74, 6) is 0. The Balaban J connectivity index is 2.32. The molecule has 0 unspecified atom stereocenters. The smallest absolute Gasteiger partial charge is 0.0179 e. The number of H-pyrrole nitrogens is 1. The van der Waals surface area contributed by atoms with Gasteiger partial charge in [0.25, 0.3) is 0 Å². The standard InChI is InChI=1S/C14H25N/c1-3-5-7-9-13-11-12-15-14(13)10-8-6-4-2/h11-12,15H,3-10H2,1-2H3. The summed E-state index contributed by atoms with van der Waals surface area (Å²) in [6, 6.07) is 2.26. The van der Waals surface area contributed by atoms with Crippen LogP contribution in [0.2, 0.25) is 0 Å². The molecular formula is C14H25N. The normalized spacial score (nSPS) is 10.8. The Morgan fingerprint density at radius 2 is 1.60 bits per heavy atom. The van der Waals surface area contributed by atoms with Gasteiger partial charge in [-0.2, -0.15) is 0 Å². The highest BCUT2D eigenvalue weighted by Gasteiger charge is 2.02. The molecule has 0 saturated carbocycles. The molecule has 0 aliphatic rings. The first-order chi connectivity index (χ1) is 7.38. The van der Waals surface area contributed by atoms with Crippen molar-refractivity contribution in [2.24, 2.45) is 0 Å². The van der Waals surface area contributed by atoms with Crippen molar-refractivity contribution in [1.82, 2.24) is 4.98 Å². The number of hydrogen-bond donors (Lipinski definition) is 1. The molecule has 1 rings (SSSR count). The molecule has 0 atom stereocenters. The molecular weight excluding hydrogens is 182 g/mol. The third-order valence-electron chi connectivity index (χ3n) is 3.01. The third kappa shape index (κ3) is 4.55. The van der Waals surface area contributed by atoms with Crippen molar-refractivity contribution in [2.75, 3.05) is 0 Å². The van der Waals surface area contributed by atoms with Gasteiger partial charge < -0.3 is 4.98 Å². The van der Waals surface area contributed by atoms with E-state index >= 15 is 0 Å². The number of aromatic amines is 1. The molecule has 86 valence electrons. The second-order valence-corrected chi connectivity index (χ2v) is 4.40. The van der Waals surface area contributed by atoms with E-state index in [9.17, 15) is 0 Å². The molecule has 1 nitrogen and oxygen atoms in total. The quantitative estimate of drug-likeness (QED) is 0.605. The molecule has 0 radical (unpaired) electrons. The molecule has 0 bridgehead atoms. The van der Waals surface area contributed by atoms with Crippen LogP contribution in [0.4, 0.5) is 0 Å². The summed E-state index contributed by atoms with van der Waals surface area (Å²) in [5, 5.41) is 0. The Kier molecular flexibility index (Phi) is 6.22. The summed E-state index contributed by atoms with van der Waals surface area (Å²) >= 11 is 0. The van der Waals surface area contributed by atoms with E-state index in [0.717, 1.165) is 0 Å². The molecule has 0 aliphatic heterocycles. The van der Waals surface area contributed by atoms with E-state index < -0.39 is 0 Å². The Labute approximate surface area is 94.3 Å². The lowest BCUT2D eigenvalue weighted by Crippen LogP contribution is -1.93.